The Morgan fingerprint density at radius 1 is 1.25 bits per heavy atom. The lowest BCUT2D eigenvalue weighted by Crippen LogP contribution is -2.41. The Bertz CT molecular complexity index is 365. The summed E-state index contributed by atoms with van der Waals surface area (Å²) in [4.78, 5) is 2.35. The SMILES string of the molecule is CCOCCN(C)CC(C)(C)C(NC)c1ccccc1. The molecule has 0 saturated carbocycles. The van der Waals surface area contributed by atoms with Gasteiger partial charge in [0.2, 0.25) is 0 Å². The van der Waals surface area contributed by atoms with Crippen molar-refractivity contribution in [3.8, 4) is 0 Å². The van der Waals surface area contributed by atoms with Gasteiger partial charge >= 0.3 is 0 Å². The van der Waals surface area contributed by atoms with E-state index in [9.17, 15) is 0 Å². The molecule has 0 saturated heterocycles. The second-order valence-electron chi connectivity index (χ2n) is 6.06. The molecule has 0 aliphatic carbocycles. The molecular weight excluding hydrogens is 248 g/mol. The summed E-state index contributed by atoms with van der Waals surface area (Å²) in [5.74, 6) is 0. The predicted molar refractivity (Wildman–Crippen MR) is 86.0 cm³/mol. The molecule has 1 aromatic rings. The van der Waals surface area contributed by atoms with Crippen LogP contribution < -0.4 is 5.32 Å². The first-order chi connectivity index (χ1) is 9.51. The van der Waals surface area contributed by atoms with Gasteiger partial charge in [-0.25, -0.2) is 0 Å². The highest BCUT2D eigenvalue weighted by Gasteiger charge is 2.30. The molecule has 0 spiro atoms. The Morgan fingerprint density at radius 2 is 1.90 bits per heavy atom. The summed E-state index contributed by atoms with van der Waals surface area (Å²) >= 11 is 0. The van der Waals surface area contributed by atoms with E-state index in [1.165, 1.54) is 5.56 Å². The highest BCUT2D eigenvalue weighted by Crippen LogP contribution is 2.33. The van der Waals surface area contributed by atoms with E-state index in [0.717, 1.165) is 26.3 Å². The Balaban J connectivity index is 2.65. The number of likely N-dealkylation sites (N-methyl/N-ethyl adjacent to an activating group) is 1. The molecule has 1 rings (SSSR count). The van der Waals surface area contributed by atoms with Crippen LogP contribution in [0.1, 0.15) is 32.4 Å². The zero-order valence-electron chi connectivity index (χ0n) is 13.6. The van der Waals surface area contributed by atoms with Crippen molar-refractivity contribution in [2.45, 2.75) is 26.8 Å². The first-order valence-corrected chi connectivity index (χ1v) is 7.49. The second kappa shape index (κ2) is 8.40. The molecule has 0 amide bonds. The largest absolute Gasteiger partial charge is 0.380 e. The number of hydrogen-bond donors (Lipinski definition) is 1. The normalized spacial score (nSPS) is 13.7. The molecule has 0 radical (unpaired) electrons. The van der Waals surface area contributed by atoms with Crippen molar-refractivity contribution in [3.63, 3.8) is 0 Å². The van der Waals surface area contributed by atoms with Crippen LogP contribution in [0.15, 0.2) is 30.3 Å². The summed E-state index contributed by atoms with van der Waals surface area (Å²) in [7, 11) is 4.21. The fraction of sp³-hybridized carbons (Fsp3) is 0.647. The Hall–Kier alpha value is -0.900. The van der Waals surface area contributed by atoms with Crippen LogP contribution in [0.4, 0.5) is 0 Å². The first kappa shape index (κ1) is 17.2. The van der Waals surface area contributed by atoms with Crippen LogP contribution in [0, 0.1) is 5.41 Å². The minimum absolute atomic E-state index is 0.150. The van der Waals surface area contributed by atoms with E-state index in [-0.39, 0.29) is 5.41 Å². The van der Waals surface area contributed by atoms with Gasteiger partial charge in [-0.15, -0.1) is 0 Å². The van der Waals surface area contributed by atoms with Gasteiger partial charge in [0, 0.05) is 25.7 Å². The zero-order chi connectivity index (χ0) is 15.0. The summed E-state index contributed by atoms with van der Waals surface area (Å²) in [6, 6.07) is 11.0. The van der Waals surface area contributed by atoms with Gasteiger partial charge in [0.15, 0.2) is 0 Å². The van der Waals surface area contributed by atoms with Gasteiger partial charge in [-0.1, -0.05) is 44.2 Å². The average Bonchev–Trinajstić information content (AvgIpc) is 2.40. The summed E-state index contributed by atoms with van der Waals surface area (Å²) < 4.78 is 5.43. The smallest absolute Gasteiger partial charge is 0.0593 e. The molecule has 1 N–H and O–H groups in total. The van der Waals surface area contributed by atoms with Crippen LogP contribution in [-0.4, -0.2) is 45.3 Å². The minimum Gasteiger partial charge on any atom is -0.380 e. The van der Waals surface area contributed by atoms with Gasteiger partial charge in [-0.3, -0.25) is 0 Å². The van der Waals surface area contributed by atoms with Crippen LogP contribution in [-0.2, 0) is 4.74 Å². The number of rotatable bonds is 9. The third-order valence-corrected chi connectivity index (χ3v) is 3.70. The summed E-state index contributed by atoms with van der Waals surface area (Å²) in [5, 5.41) is 3.47. The molecule has 0 bridgehead atoms. The maximum absolute atomic E-state index is 5.43. The topological polar surface area (TPSA) is 24.5 Å². The molecule has 0 heterocycles. The van der Waals surface area contributed by atoms with Crippen molar-refractivity contribution in [1.82, 2.24) is 10.2 Å². The maximum atomic E-state index is 5.43. The highest BCUT2D eigenvalue weighted by molar-refractivity contribution is 5.21. The van der Waals surface area contributed by atoms with Crippen molar-refractivity contribution in [2.24, 2.45) is 5.41 Å². The predicted octanol–water partition coefficient (Wildman–Crippen LogP) is 2.94. The number of ether oxygens (including phenoxy) is 1. The van der Waals surface area contributed by atoms with Crippen molar-refractivity contribution in [3.05, 3.63) is 35.9 Å². The van der Waals surface area contributed by atoms with E-state index < -0.39 is 0 Å². The van der Waals surface area contributed by atoms with Gasteiger partial charge in [-0.2, -0.15) is 0 Å². The number of hydrogen-bond acceptors (Lipinski definition) is 3. The van der Waals surface area contributed by atoms with E-state index in [2.05, 4.69) is 61.4 Å². The van der Waals surface area contributed by atoms with Crippen molar-refractivity contribution in [1.29, 1.82) is 0 Å². The monoisotopic (exact) mass is 278 g/mol. The van der Waals surface area contributed by atoms with Gasteiger partial charge in [0.05, 0.1) is 6.61 Å². The van der Waals surface area contributed by atoms with Gasteiger partial charge in [0.1, 0.15) is 0 Å². The zero-order valence-corrected chi connectivity index (χ0v) is 13.6. The number of nitrogens with one attached hydrogen (secondary N) is 1. The molecule has 3 heteroatoms. The first-order valence-electron chi connectivity index (χ1n) is 7.49. The molecule has 1 aromatic carbocycles. The summed E-state index contributed by atoms with van der Waals surface area (Å²) in [6.07, 6.45) is 0. The van der Waals surface area contributed by atoms with Crippen LogP contribution in [0.5, 0.6) is 0 Å². The van der Waals surface area contributed by atoms with E-state index in [1.807, 2.05) is 14.0 Å². The van der Waals surface area contributed by atoms with Gasteiger partial charge in [0.25, 0.3) is 0 Å². The highest BCUT2D eigenvalue weighted by atomic mass is 16.5. The van der Waals surface area contributed by atoms with Crippen LogP contribution in [0.25, 0.3) is 0 Å². The van der Waals surface area contributed by atoms with Crippen molar-refractivity contribution in [2.75, 3.05) is 40.4 Å². The van der Waals surface area contributed by atoms with Crippen LogP contribution in [0.3, 0.4) is 0 Å². The number of benzene rings is 1. The van der Waals surface area contributed by atoms with E-state index >= 15 is 0 Å². The van der Waals surface area contributed by atoms with Gasteiger partial charge < -0.3 is 15.0 Å². The standard InChI is InChI=1S/C17H30N2O/c1-6-20-13-12-19(5)14-17(2,3)16(18-4)15-10-8-7-9-11-15/h7-11,16,18H,6,12-14H2,1-5H3. The number of nitrogens with zero attached hydrogens (tertiary/aromatic N) is 1. The molecule has 0 aromatic heterocycles. The van der Waals surface area contributed by atoms with Crippen LogP contribution in [0.2, 0.25) is 0 Å². The molecular formula is C17H30N2O. The lowest BCUT2D eigenvalue weighted by Gasteiger charge is -2.37. The third-order valence-electron chi connectivity index (χ3n) is 3.70. The van der Waals surface area contributed by atoms with E-state index in [0.29, 0.717) is 6.04 Å². The fourth-order valence-corrected chi connectivity index (χ4v) is 2.88. The maximum Gasteiger partial charge on any atom is 0.0593 e. The van der Waals surface area contributed by atoms with Crippen molar-refractivity contribution >= 4 is 0 Å². The summed E-state index contributed by atoms with van der Waals surface area (Å²) in [6.45, 7) is 10.3. The summed E-state index contributed by atoms with van der Waals surface area (Å²) in [5.41, 5.74) is 1.50. The van der Waals surface area contributed by atoms with E-state index in [4.69, 9.17) is 4.74 Å². The lowest BCUT2D eigenvalue weighted by molar-refractivity contribution is 0.0973. The van der Waals surface area contributed by atoms with Crippen molar-refractivity contribution < 1.29 is 4.74 Å². The molecule has 1 unspecified atom stereocenters. The average molecular weight is 278 g/mol. The third kappa shape index (κ3) is 5.23. The van der Waals surface area contributed by atoms with Crippen LogP contribution >= 0.6 is 0 Å². The second-order valence-corrected chi connectivity index (χ2v) is 6.06. The Morgan fingerprint density at radius 3 is 2.45 bits per heavy atom. The Kier molecular flexibility index (Phi) is 7.20. The van der Waals surface area contributed by atoms with Gasteiger partial charge in [-0.05, 0) is 32.0 Å². The fourth-order valence-electron chi connectivity index (χ4n) is 2.88. The molecule has 0 fully saturated rings. The molecule has 20 heavy (non-hydrogen) atoms. The van der Waals surface area contributed by atoms with E-state index in [1.54, 1.807) is 0 Å². The lowest BCUT2D eigenvalue weighted by atomic mass is 9.80. The molecule has 3 nitrogen and oxygen atoms in total. The molecule has 1 atom stereocenters. The minimum atomic E-state index is 0.150. The quantitative estimate of drug-likeness (QED) is 0.703. The molecule has 0 aliphatic rings. The molecule has 114 valence electrons. The molecule has 0 aliphatic heterocycles. The Labute approximate surface area is 124 Å².